The van der Waals surface area contributed by atoms with Gasteiger partial charge in [-0.15, -0.1) is 0 Å². The molecule has 10 aliphatic carbocycles. The van der Waals surface area contributed by atoms with Crippen LogP contribution in [0.2, 0.25) is 0 Å². The van der Waals surface area contributed by atoms with Gasteiger partial charge < -0.3 is 0 Å². The lowest BCUT2D eigenvalue weighted by atomic mass is 9.56. The largest absolute Gasteiger partial charge is 0.403 e. The maximum absolute atomic E-state index is 13.0. The summed E-state index contributed by atoms with van der Waals surface area (Å²) in [5.41, 5.74) is -10.8. The molecule has 0 radical (unpaired) electrons. The molecule has 0 aromatic heterocycles. The lowest BCUT2D eigenvalue weighted by Gasteiger charge is -2.49. The van der Waals surface area contributed by atoms with Crippen LogP contribution in [0.3, 0.4) is 0 Å². The van der Waals surface area contributed by atoms with Crippen LogP contribution in [-0.4, -0.2) is 61.8 Å². The van der Waals surface area contributed by atoms with Gasteiger partial charge >= 0.3 is 61.8 Å². The Hall–Kier alpha value is -2.10. The Morgan fingerprint density at radius 1 is 0.297 bits per heavy atom. The third kappa shape index (κ3) is 30.9. The monoisotopic (exact) mass is 1770 g/mol. The molecule has 0 aromatic carbocycles. The number of halogens is 30. The van der Waals surface area contributed by atoms with E-state index in [1.165, 1.54) is 46.0 Å². The first-order chi connectivity index (χ1) is 52.3. The molecule has 118 heavy (non-hydrogen) atoms. The van der Waals surface area contributed by atoms with Crippen molar-refractivity contribution in [1.29, 1.82) is 0 Å². The van der Waals surface area contributed by atoms with E-state index in [0.29, 0.717) is 66.6 Å². The first-order valence-electron chi connectivity index (χ1n) is 42.9. The highest BCUT2D eigenvalue weighted by Crippen LogP contribution is 2.66. The maximum Gasteiger partial charge on any atom is 0.403 e. The molecule has 0 aliphatic heterocycles. The van der Waals surface area contributed by atoms with Gasteiger partial charge in [0, 0.05) is 0 Å². The molecular weight excluding hydrogens is 1630 g/mol. The number of fused-ring (bicyclic) bond motifs is 3. The van der Waals surface area contributed by atoms with E-state index in [4.69, 9.17) is 0 Å². The normalized spacial score (nSPS) is 29.4. The van der Waals surface area contributed by atoms with Gasteiger partial charge in [0.15, 0.2) is 16.2 Å². The number of rotatable bonds is 1. The Kier molecular flexibility index (Phi) is 40.3. The third-order valence-corrected chi connectivity index (χ3v) is 31.1. The highest BCUT2D eigenvalue weighted by Gasteiger charge is 2.74. The Morgan fingerprint density at radius 2 is 0.669 bits per heavy atom. The van der Waals surface area contributed by atoms with Crippen molar-refractivity contribution >= 4 is 0 Å². The summed E-state index contributed by atoms with van der Waals surface area (Å²) in [7, 11) is 0. The van der Waals surface area contributed by atoms with Crippen LogP contribution >= 0.6 is 0 Å². The fourth-order valence-electron chi connectivity index (χ4n) is 18.8. The quantitative estimate of drug-likeness (QED) is 0.230. The van der Waals surface area contributed by atoms with Crippen molar-refractivity contribution in [2.45, 2.75) is 426 Å². The van der Waals surface area contributed by atoms with Crippen LogP contribution in [0.5, 0.6) is 0 Å². The number of hydrogen-bond acceptors (Lipinski definition) is 0. The lowest BCUT2D eigenvalue weighted by molar-refractivity contribution is -0.364. The van der Waals surface area contributed by atoms with Crippen molar-refractivity contribution in [3.05, 3.63) is 0 Å². The zero-order valence-electron chi connectivity index (χ0n) is 74.5. The molecule has 0 N–H and O–H groups in total. The predicted molar refractivity (Wildman–Crippen MR) is 408 cm³/mol. The summed E-state index contributed by atoms with van der Waals surface area (Å²) in [5.74, 6) is -1.48. The summed E-state index contributed by atoms with van der Waals surface area (Å²) in [6.45, 7) is 45.6. The predicted octanol–water partition coefficient (Wildman–Crippen LogP) is 36.4. The van der Waals surface area contributed by atoms with Crippen LogP contribution in [-0.2, 0) is 0 Å². The van der Waals surface area contributed by atoms with Crippen molar-refractivity contribution in [2.24, 2.45) is 131 Å². The smallest absolute Gasteiger partial charge is 0.171 e. The van der Waals surface area contributed by atoms with Gasteiger partial charge in [0.2, 0.25) is 0 Å². The van der Waals surface area contributed by atoms with Crippen LogP contribution in [0.25, 0.3) is 0 Å². The van der Waals surface area contributed by atoms with Gasteiger partial charge in [-0.3, -0.25) is 0 Å². The van der Waals surface area contributed by atoms with Gasteiger partial charge in [0.1, 0.15) is 0 Å². The van der Waals surface area contributed by atoms with E-state index in [1.807, 2.05) is 41.5 Å². The van der Waals surface area contributed by atoms with E-state index < -0.39 is 145 Å². The minimum atomic E-state index is -5.20. The minimum Gasteiger partial charge on any atom is -0.171 e. The van der Waals surface area contributed by atoms with Gasteiger partial charge in [0.25, 0.3) is 0 Å². The molecule has 3 unspecified atom stereocenters. The molecule has 10 aliphatic rings. The van der Waals surface area contributed by atoms with Crippen molar-refractivity contribution < 1.29 is 132 Å². The molecular formula is C88H146F30. The number of hydrogen-bond donors (Lipinski definition) is 0. The summed E-state index contributed by atoms with van der Waals surface area (Å²) in [6, 6.07) is 0. The van der Waals surface area contributed by atoms with Gasteiger partial charge in [0.05, 0.1) is 23.2 Å². The molecule has 30 heteroatoms. The summed E-state index contributed by atoms with van der Waals surface area (Å²) >= 11 is 0. The van der Waals surface area contributed by atoms with Crippen LogP contribution in [0.1, 0.15) is 365 Å². The molecule has 8 atom stereocenters. The van der Waals surface area contributed by atoms with Crippen LogP contribution < -0.4 is 0 Å². The molecule has 0 nitrogen and oxygen atoms in total. The molecule has 0 saturated heterocycles. The van der Waals surface area contributed by atoms with E-state index >= 15 is 0 Å². The first-order valence-corrected chi connectivity index (χ1v) is 42.9. The molecule has 10 rings (SSSR count). The Balaban J connectivity index is 0.000000669. The highest BCUT2D eigenvalue weighted by molar-refractivity contribution is 5.03. The second-order valence-corrected chi connectivity index (χ2v) is 42.2. The fourth-order valence-corrected chi connectivity index (χ4v) is 18.8. The molecule has 0 heterocycles. The van der Waals surface area contributed by atoms with E-state index in [2.05, 4.69) is 76.2 Å². The summed E-state index contributed by atoms with van der Waals surface area (Å²) < 4.78 is 376. The molecule has 0 aromatic rings. The van der Waals surface area contributed by atoms with Crippen molar-refractivity contribution in [1.82, 2.24) is 0 Å². The van der Waals surface area contributed by atoms with E-state index in [1.54, 1.807) is 20.8 Å². The zero-order chi connectivity index (χ0) is 93.1. The van der Waals surface area contributed by atoms with Gasteiger partial charge in [-0.05, 0) is 233 Å². The van der Waals surface area contributed by atoms with E-state index in [-0.39, 0.29) is 73.0 Å². The van der Waals surface area contributed by atoms with Crippen LogP contribution in [0.4, 0.5) is 132 Å². The van der Waals surface area contributed by atoms with Gasteiger partial charge in [-0.1, -0.05) is 223 Å². The number of alkyl halides is 30. The van der Waals surface area contributed by atoms with Crippen molar-refractivity contribution in [3.8, 4) is 0 Å². The van der Waals surface area contributed by atoms with Crippen molar-refractivity contribution in [3.63, 3.8) is 0 Å². The molecule has 1 spiro atoms. The van der Waals surface area contributed by atoms with Crippen LogP contribution in [0, 0.1) is 131 Å². The van der Waals surface area contributed by atoms with Gasteiger partial charge in [-0.2, -0.15) is 132 Å². The Labute approximate surface area is 686 Å². The fraction of sp³-hybridized carbons (Fsp3) is 1.00. The lowest BCUT2D eigenvalue weighted by Crippen LogP contribution is -2.55. The van der Waals surface area contributed by atoms with Crippen LogP contribution in [0.15, 0.2) is 0 Å². The Morgan fingerprint density at radius 3 is 0.932 bits per heavy atom. The molecule has 708 valence electrons. The molecule has 10 saturated carbocycles. The maximum atomic E-state index is 13.0. The summed E-state index contributed by atoms with van der Waals surface area (Å²) in [4.78, 5) is 0. The third-order valence-electron chi connectivity index (χ3n) is 31.1. The SMILES string of the molecule is CC(C)(C)C(C)(C)C(C)(C)C.CC1CCC(C(F)(F)F)(C(F)(F)F)CC1.CC1CCC(C(F)(F)F)CC1.CC1CCC2(CC1)CCC(C(F)(F)F)(C(F)(F)F)CC2.CC1CCCC(C(F)(F)F)[C@@H]1C.C[C@@H]1CCCC(C(F)(F)F)C1.C[C@@H]1CCCCC1(C(F)(F)F)C(F)(F)F.C[C@H](C(C)(C)C)C(C)(C)C(F)(F)F.C[C@H]1CC2CCC1(C)CC2. The molecule has 2 bridgehead atoms. The second kappa shape index (κ2) is 41.8. The average Bonchev–Trinajstić information content (AvgIpc) is 0.753. The zero-order valence-corrected chi connectivity index (χ0v) is 74.5. The minimum absolute atomic E-state index is 0.0106. The van der Waals surface area contributed by atoms with E-state index in [9.17, 15) is 132 Å². The van der Waals surface area contributed by atoms with E-state index in [0.717, 1.165) is 88.4 Å². The summed E-state index contributed by atoms with van der Waals surface area (Å²) in [6.07, 6.45) is -33.2. The second-order valence-electron chi connectivity index (χ2n) is 42.2. The average molecular weight is 1770 g/mol. The molecule has 10 fully saturated rings. The standard InChI is InChI=1S/C14H20F6.C11H24.C10H19F3.C10H18.2C9H12F6.C9H15F3.2C8H13F3/c1-10-2-4-11(5-3-10)6-8-12(9-7-11,13(15,16)17)14(18,19)20;1-9(2,3)11(7,8)10(4,5)6;1-7(8(2,3)4)9(5,6)10(11,12)13;1-8-7-9-3-5-10(8,2)6-4-9;1-6-2-4-7(5-3-6,8(10,11)12)9(13,14)15;1-6-4-2-3-5-7(6,8(10,11)12)9(13,14)15;1-6-4-3-5-8(7(6)2)9(10,11)12;1-6-2-4-7(5-3-6)8(9,10)11;1-6-3-2-4-7(5-6)8(9,10)11/h10H,2-9H2,1H3;1-8H3;7H,1-6H3;8-9H,3-7H2,1-2H3;2*6H,2-5H2,1H3;6-8H,3-5H2,1-2H3;2*6-7H,2-5H2,1H3/t;;7-;8-,9?,10?;;6-;6?,7-,8?;;6-,7?/m..10.11.1/s1. The van der Waals surface area contributed by atoms with Crippen molar-refractivity contribution in [2.75, 3.05) is 0 Å². The summed E-state index contributed by atoms with van der Waals surface area (Å²) in [5, 5.41) is 0. The van der Waals surface area contributed by atoms with Gasteiger partial charge in [-0.25, -0.2) is 0 Å². The topological polar surface area (TPSA) is 0 Å². The molecule has 0 amide bonds. The highest BCUT2D eigenvalue weighted by atomic mass is 19.5. The Bertz CT molecular complexity index is 2750. The first kappa shape index (κ1) is 114.